The third kappa shape index (κ3) is 41.9. The number of hydrogen-bond acceptors (Lipinski definition) is 35. The first-order chi connectivity index (χ1) is 60.9. The number of aryl methyl sites for hydroxylation is 5. The van der Waals surface area contributed by atoms with E-state index in [4.69, 9.17) is 112 Å². The molecule has 4 aromatic heterocycles. The molecule has 672 valence electrons. The maximum atomic E-state index is 11.7. The summed E-state index contributed by atoms with van der Waals surface area (Å²) in [5.41, 5.74) is 48.0. The number of cyclic esters (lactones) is 2. The zero-order valence-corrected chi connectivity index (χ0v) is 82.3. The van der Waals surface area contributed by atoms with Gasteiger partial charge in [-0.25, -0.2) is 18.4 Å². The van der Waals surface area contributed by atoms with E-state index in [9.17, 15) is 50.6 Å². The van der Waals surface area contributed by atoms with Gasteiger partial charge in [-0.15, -0.1) is 41.4 Å². The van der Waals surface area contributed by atoms with E-state index in [2.05, 4.69) is 59.7 Å². The third-order valence-electron chi connectivity index (χ3n) is 16.2. The van der Waals surface area contributed by atoms with Crippen molar-refractivity contribution in [3.63, 3.8) is 0 Å². The molecular weight excluding hydrogens is 1880 g/mol. The van der Waals surface area contributed by atoms with Crippen LogP contribution in [0.2, 0.25) is 10.3 Å². The number of carbonyl (C=O) groups is 5. The van der Waals surface area contributed by atoms with E-state index in [0.29, 0.717) is 112 Å². The zero-order chi connectivity index (χ0) is 96.8. The van der Waals surface area contributed by atoms with Crippen LogP contribution < -0.4 is 109 Å². The Morgan fingerprint density at radius 2 is 1.08 bits per heavy atom. The van der Waals surface area contributed by atoms with E-state index >= 15 is 0 Å². The number of hydrogen-bond donors (Lipinski definition) is 10. The maximum absolute atomic E-state index is 11.7. The molecule has 0 aliphatic carbocycles. The van der Waals surface area contributed by atoms with Crippen molar-refractivity contribution in [2.24, 2.45) is 0 Å². The van der Waals surface area contributed by atoms with Gasteiger partial charge in [-0.3, -0.25) is 28.5 Å². The fourth-order valence-electron chi connectivity index (χ4n) is 10.0. The Morgan fingerprint density at radius 1 is 0.598 bits per heavy atom. The number of halogens is 2. The van der Waals surface area contributed by atoms with E-state index < -0.39 is 42.8 Å². The van der Waals surface area contributed by atoms with Crippen molar-refractivity contribution >= 4 is 187 Å². The number of rotatable bonds is 15. The monoisotopic (exact) mass is 1960 g/mol. The van der Waals surface area contributed by atoms with Gasteiger partial charge in [0.25, 0.3) is 16.6 Å². The Bertz CT molecular complexity index is 6640. The van der Waals surface area contributed by atoms with Crippen molar-refractivity contribution in [2.45, 2.75) is 83.9 Å². The van der Waals surface area contributed by atoms with Crippen LogP contribution in [0.15, 0.2) is 190 Å². The second kappa shape index (κ2) is 60.3. The van der Waals surface area contributed by atoms with Crippen LogP contribution in [0.25, 0.3) is 27.8 Å². The van der Waals surface area contributed by atoms with Crippen LogP contribution in [0.1, 0.15) is 107 Å². The minimum absolute atomic E-state index is 0. The summed E-state index contributed by atoms with van der Waals surface area (Å²) in [5.74, 6) is -0.249. The number of anilines is 11. The van der Waals surface area contributed by atoms with Gasteiger partial charge < -0.3 is 64.4 Å². The Labute approximate surface area is 833 Å². The molecule has 7 aromatic carbocycles. The van der Waals surface area contributed by atoms with Crippen LogP contribution in [-0.2, 0) is 59.5 Å². The number of pyridine rings is 2. The quantitative estimate of drug-likeness (QED) is 0.00390. The summed E-state index contributed by atoms with van der Waals surface area (Å²) < 4.78 is 98.4. The molecule has 1 amide bonds. The summed E-state index contributed by atoms with van der Waals surface area (Å²) in [7, 11) is -11.9. The summed E-state index contributed by atoms with van der Waals surface area (Å²) in [6.45, 7) is 12.2. The maximum Gasteiger partial charge on any atom is 1.00 e. The molecular formula is C87H81Cl2N19Na2O16S6. The van der Waals surface area contributed by atoms with E-state index in [1.165, 1.54) is 47.8 Å². The molecule has 11 aromatic rings. The van der Waals surface area contributed by atoms with Gasteiger partial charge in [0, 0.05) is 63.0 Å². The SMILES string of the molecule is CC(=C(C#N)C#N)c1cccc(N)c1.CC(=O)c1cccc(N)c1.Cc1[c-]cc(Nc2cc(C)c(C#N)c(Nc3ccc(C)c(S(=O)(=O)[O-])c3)n2)cc1.Cc1cc(Cl)nc(Cl)c1C#N.Cc1ccc(N)cc1S(=O)(=O)O.N#CCC#N.N#Cc1c(-c2cccc(N)c2)csc1N.N#Cc1c(-c2cccc(NC(=O)CCOC=O)c2)csc1N.O=C1CCC(=O)O1.O=S(=O)=O.S.[HH].[Na+].[Na+]. The van der Waals surface area contributed by atoms with Gasteiger partial charge in [0.05, 0.1) is 70.1 Å². The number of esters is 2. The van der Waals surface area contributed by atoms with Crippen molar-refractivity contribution < 1.29 is 133 Å². The molecule has 12 rings (SSSR count). The molecule has 35 nitrogen and oxygen atoms in total. The second-order valence-electron chi connectivity index (χ2n) is 25.7. The normalized spacial score (nSPS) is 9.99. The number of nitrogens with two attached hydrogens (primary N) is 6. The molecule has 1 fully saturated rings. The first kappa shape index (κ1) is 118. The van der Waals surface area contributed by atoms with E-state index in [1.807, 2.05) is 84.4 Å². The largest absolute Gasteiger partial charge is 1.00 e. The molecule has 1 saturated heterocycles. The van der Waals surface area contributed by atoms with Crippen LogP contribution in [0.3, 0.4) is 0 Å². The number of allylic oxidation sites excluding steroid dienone is 2. The molecule has 0 atom stereocenters. The number of aromatic nitrogens is 2. The van der Waals surface area contributed by atoms with E-state index in [0.717, 1.165) is 44.6 Å². The first-order valence-corrected chi connectivity index (χ1v) is 42.7. The summed E-state index contributed by atoms with van der Waals surface area (Å²) in [6, 6.07) is 64.6. The average molecular weight is 1960 g/mol. The van der Waals surface area contributed by atoms with Gasteiger partial charge in [-0.1, -0.05) is 96.5 Å². The van der Waals surface area contributed by atoms with Crippen molar-refractivity contribution in [3.05, 3.63) is 258 Å². The Hall–Kier alpha value is -13.6. The molecule has 45 heteroatoms. The Balaban J connectivity index is 0. The Morgan fingerprint density at radius 3 is 1.51 bits per heavy atom. The summed E-state index contributed by atoms with van der Waals surface area (Å²) in [5, 5.41) is 82.7. The van der Waals surface area contributed by atoms with Crippen LogP contribution in [0.5, 0.6) is 0 Å². The minimum atomic E-state index is -4.62. The number of ketones is 1. The van der Waals surface area contributed by atoms with Crippen molar-refractivity contribution in [1.82, 2.24) is 9.97 Å². The molecule has 5 heterocycles. The molecule has 0 unspecified atom stereocenters. The molecule has 0 spiro atoms. The standard InChI is InChI=1S/C21H19N4O3S.C15H13N3O3S.C11H9N3S.C11H9N3.C8H9NO.C7H4Cl2N2.C7H9NO3S.C4H4O3.C3H2N2.2Na.O3S.H2S.H2/c1-13-4-7-16(8-5-13)23-20-10-15(3)18(12-22)21(25-20)24-17-9-6-14(2)19(11-17)29(26,27)28;16-7-12-13(8-22-15(12)17)10-2-1-3-11(6-10)18-14(20)4-5-21-9-19;12-5-9-10(6-15-11(9)14)7-2-1-3-8(13)4-7;1-8(10(6-12)7-13)9-3-2-4-11(14)5-9;1-6(10)7-3-2-4-8(9)5-7;1-4-2-6(8)11-7(9)5(4)3-10;1-5-2-3-6(8)4-7(5)12(9,10)11;5-3-1-2-4(6)7-3;4-2-1-3-5;;;1-4(2)3;;/h4,6-11H,1-3H3,(H2,23,24,25)(H,26,27,28);1-3,6,8-9H,4-5,17H2,(H,18,20);1-4,6H,13-14H2;2-5H,14H2,1H3;2-5H,9H2,1H3;2H,1H3;2-4H,8H2,1H3,(H,9,10,11);1-2H2;1H2;;;;1H2;1H/q-1;;;;;;;;;2*+1;;;/p-1. The van der Waals surface area contributed by atoms with Crippen molar-refractivity contribution in [1.29, 1.82) is 42.1 Å². The van der Waals surface area contributed by atoms with Crippen LogP contribution in [0, 0.1) is 131 Å². The molecule has 0 bridgehead atoms. The number of nitriles is 8. The fraction of sp³-hybridized carbons (Fsp3) is 0.138. The Kier molecular flexibility index (Phi) is 54.1. The number of ether oxygens (including phenoxy) is 2. The van der Waals surface area contributed by atoms with Gasteiger partial charge in [0.15, 0.2) is 11.6 Å². The topological polar surface area (TPSA) is 675 Å². The van der Waals surface area contributed by atoms with Crippen LogP contribution in [0.4, 0.5) is 61.4 Å². The van der Waals surface area contributed by atoms with Crippen molar-refractivity contribution in [3.8, 4) is 70.8 Å². The average Bonchev–Trinajstić information content (AvgIpc) is 1.80. The smallest absolute Gasteiger partial charge is 0.744 e. The first-order valence-electron chi connectivity index (χ1n) is 36.3. The number of nitrogens with one attached hydrogen (secondary N) is 3. The number of amides is 1. The number of benzene rings is 7. The van der Waals surface area contributed by atoms with Gasteiger partial charge in [0.2, 0.25) is 5.91 Å². The molecule has 1 aliphatic rings. The number of thiophene rings is 2. The molecule has 1 aliphatic heterocycles. The number of carbonyl (C=O) groups excluding carboxylic acids is 5. The summed E-state index contributed by atoms with van der Waals surface area (Å²) >= 11 is 13.9. The number of nitrogens with zero attached hydrogens (tertiary/aromatic N) is 10. The van der Waals surface area contributed by atoms with Crippen LogP contribution >= 0.6 is 59.4 Å². The van der Waals surface area contributed by atoms with Gasteiger partial charge in [0.1, 0.15) is 84.7 Å². The van der Waals surface area contributed by atoms with Gasteiger partial charge in [-0.2, -0.15) is 87.8 Å². The molecule has 132 heavy (non-hydrogen) atoms. The molecule has 16 N–H and O–H groups in total. The minimum Gasteiger partial charge on any atom is -0.744 e. The number of nitrogen functional groups attached to an aromatic ring is 6. The fourth-order valence-corrected chi connectivity index (χ4v) is 13.6. The second-order valence-corrected chi connectivity index (χ2v) is 31.4. The predicted molar refractivity (Wildman–Crippen MR) is 500 cm³/mol. The van der Waals surface area contributed by atoms with Crippen molar-refractivity contribution in [2.75, 3.05) is 57.0 Å². The summed E-state index contributed by atoms with van der Waals surface area (Å²) in [6.07, 6.45) is 0.607. The third-order valence-corrected chi connectivity index (χ3v) is 20.3. The molecule has 0 saturated carbocycles. The van der Waals surface area contributed by atoms with E-state index in [1.54, 1.807) is 144 Å². The number of Topliss-reactive ketones (excluding diaryl/α,β-unsaturated/α-hetero) is 1. The van der Waals surface area contributed by atoms with Gasteiger partial charge >= 0.3 is 81.7 Å². The molecule has 0 radical (unpaired) electrons. The van der Waals surface area contributed by atoms with E-state index in [-0.39, 0.29) is 144 Å². The summed E-state index contributed by atoms with van der Waals surface area (Å²) in [4.78, 5) is 60.2. The zero-order valence-electron chi connectivity index (χ0n) is 71.7. The van der Waals surface area contributed by atoms with Crippen LogP contribution in [-0.4, -0.2) is 85.2 Å². The van der Waals surface area contributed by atoms with Gasteiger partial charge in [-0.05, 0) is 171 Å². The predicted octanol–water partition coefficient (Wildman–Crippen LogP) is 9.48.